The number of anilines is 1. The molecule has 2 rings (SSSR count). The highest BCUT2D eigenvalue weighted by atomic mass is 35.5. The van der Waals surface area contributed by atoms with Crippen LogP contribution in [-0.2, 0) is 0 Å². The van der Waals surface area contributed by atoms with Crippen molar-refractivity contribution in [2.24, 2.45) is 0 Å². The van der Waals surface area contributed by atoms with Crippen LogP contribution in [-0.4, -0.2) is 28.9 Å². The smallest absolute Gasteiger partial charge is 0.198 e. The molecular formula is C18H20Cl2N2O2S. The van der Waals surface area contributed by atoms with Gasteiger partial charge in [0.1, 0.15) is 0 Å². The number of halogens is 2. The van der Waals surface area contributed by atoms with Gasteiger partial charge in [0.2, 0.25) is 0 Å². The van der Waals surface area contributed by atoms with Crippen LogP contribution in [0, 0.1) is 0 Å². The lowest BCUT2D eigenvalue weighted by molar-refractivity contribution is 0.0951. The van der Waals surface area contributed by atoms with E-state index < -0.39 is 0 Å². The van der Waals surface area contributed by atoms with Crippen molar-refractivity contribution >= 4 is 52.0 Å². The standard InChI is InChI=1S/C18H20Cl2N2O2S/c1-2-7-22(8-3-5-16(23)17-6-4-9-24-17)18(25)21-15-11-13(19)10-14(20)12-15/h4,6,9-12H,2-3,5,7-8H2,1H3,(H,21,25). The molecule has 1 aromatic carbocycles. The first-order chi connectivity index (χ1) is 12.0. The van der Waals surface area contributed by atoms with Gasteiger partial charge in [0.05, 0.1) is 6.26 Å². The molecule has 2 aromatic rings. The monoisotopic (exact) mass is 398 g/mol. The summed E-state index contributed by atoms with van der Waals surface area (Å²) in [6.07, 6.45) is 3.56. The lowest BCUT2D eigenvalue weighted by Gasteiger charge is -2.25. The van der Waals surface area contributed by atoms with Crippen LogP contribution in [0.3, 0.4) is 0 Å². The summed E-state index contributed by atoms with van der Waals surface area (Å²) in [5.74, 6) is 0.401. The Labute approximate surface area is 163 Å². The maximum atomic E-state index is 12.0. The lowest BCUT2D eigenvalue weighted by Crippen LogP contribution is -2.36. The highest BCUT2D eigenvalue weighted by Gasteiger charge is 2.13. The molecule has 0 fully saturated rings. The normalized spacial score (nSPS) is 10.5. The van der Waals surface area contributed by atoms with Crippen LogP contribution in [0.1, 0.15) is 36.7 Å². The number of furan rings is 1. The van der Waals surface area contributed by atoms with Crippen LogP contribution in [0.15, 0.2) is 41.0 Å². The van der Waals surface area contributed by atoms with Crippen LogP contribution >= 0.6 is 35.4 Å². The van der Waals surface area contributed by atoms with Gasteiger partial charge in [-0.3, -0.25) is 4.79 Å². The van der Waals surface area contributed by atoms with E-state index in [1.165, 1.54) is 6.26 Å². The molecule has 25 heavy (non-hydrogen) atoms. The van der Waals surface area contributed by atoms with Crippen molar-refractivity contribution in [2.45, 2.75) is 26.2 Å². The van der Waals surface area contributed by atoms with E-state index in [2.05, 4.69) is 12.2 Å². The molecular weight excluding hydrogens is 379 g/mol. The van der Waals surface area contributed by atoms with Crippen LogP contribution < -0.4 is 5.32 Å². The van der Waals surface area contributed by atoms with Crippen LogP contribution in [0.25, 0.3) is 0 Å². The molecule has 1 heterocycles. The Balaban J connectivity index is 1.90. The minimum absolute atomic E-state index is 0.00180. The number of rotatable bonds is 8. The van der Waals surface area contributed by atoms with Crippen molar-refractivity contribution in [1.29, 1.82) is 0 Å². The zero-order valence-electron chi connectivity index (χ0n) is 13.9. The Morgan fingerprint density at radius 2 is 1.96 bits per heavy atom. The van der Waals surface area contributed by atoms with Gasteiger partial charge in [0.25, 0.3) is 0 Å². The van der Waals surface area contributed by atoms with Gasteiger partial charge in [-0.1, -0.05) is 30.1 Å². The fourth-order valence-corrected chi connectivity index (χ4v) is 3.23. The number of nitrogens with one attached hydrogen (secondary N) is 1. The van der Waals surface area contributed by atoms with E-state index >= 15 is 0 Å². The van der Waals surface area contributed by atoms with E-state index in [0.29, 0.717) is 40.3 Å². The van der Waals surface area contributed by atoms with Crippen LogP contribution in [0.2, 0.25) is 10.0 Å². The molecule has 0 saturated carbocycles. The molecule has 0 bridgehead atoms. The first-order valence-corrected chi connectivity index (χ1v) is 9.24. The number of hydrogen-bond acceptors (Lipinski definition) is 3. The fourth-order valence-electron chi connectivity index (χ4n) is 2.40. The van der Waals surface area contributed by atoms with Crippen molar-refractivity contribution in [3.63, 3.8) is 0 Å². The molecule has 4 nitrogen and oxygen atoms in total. The molecule has 1 N–H and O–H groups in total. The fraction of sp³-hybridized carbons (Fsp3) is 0.333. The zero-order valence-corrected chi connectivity index (χ0v) is 16.3. The topological polar surface area (TPSA) is 45.5 Å². The molecule has 0 atom stereocenters. The predicted molar refractivity (Wildman–Crippen MR) is 107 cm³/mol. The Morgan fingerprint density at radius 1 is 1.24 bits per heavy atom. The second-order valence-corrected chi connectivity index (χ2v) is 6.84. The summed E-state index contributed by atoms with van der Waals surface area (Å²) in [5.41, 5.74) is 0.746. The third kappa shape index (κ3) is 6.34. The maximum absolute atomic E-state index is 12.0. The molecule has 0 aliphatic heterocycles. The van der Waals surface area contributed by atoms with Crippen molar-refractivity contribution in [1.82, 2.24) is 4.90 Å². The molecule has 0 unspecified atom stereocenters. The van der Waals surface area contributed by atoms with Gasteiger partial charge in [0.15, 0.2) is 16.7 Å². The SMILES string of the molecule is CCCN(CCCC(=O)c1ccco1)C(=S)Nc1cc(Cl)cc(Cl)c1. The molecule has 0 aliphatic carbocycles. The number of benzene rings is 1. The second kappa shape index (κ2) is 9.80. The van der Waals surface area contributed by atoms with Crippen LogP contribution in [0.4, 0.5) is 5.69 Å². The summed E-state index contributed by atoms with van der Waals surface area (Å²) in [7, 11) is 0. The summed E-state index contributed by atoms with van der Waals surface area (Å²) in [6, 6.07) is 8.60. The zero-order chi connectivity index (χ0) is 18.2. The molecule has 0 amide bonds. The molecule has 1 aromatic heterocycles. The van der Waals surface area contributed by atoms with E-state index in [1.54, 1.807) is 30.3 Å². The molecule has 134 valence electrons. The van der Waals surface area contributed by atoms with E-state index in [-0.39, 0.29) is 5.78 Å². The van der Waals surface area contributed by atoms with Crippen molar-refractivity contribution in [3.05, 3.63) is 52.4 Å². The van der Waals surface area contributed by atoms with Gasteiger partial charge in [-0.15, -0.1) is 0 Å². The van der Waals surface area contributed by atoms with Gasteiger partial charge in [-0.25, -0.2) is 0 Å². The number of ketones is 1. The lowest BCUT2D eigenvalue weighted by atomic mass is 10.2. The number of hydrogen-bond donors (Lipinski definition) is 1. The van der Waals surface area contributed by atoms with Crippen LogP contribution in [0.5, 0.6) is 0 Å². The van der Waals surface area contributed by atoms with Crippen molar-refractivity contribution in [3.8, 4) is 0 Å². The summed E-state index contributed by atoms with van der Waals surface area (Å²) in [6.45, 7) is 3.56. The Hall–Kier alpha value is -1.56. The van der Waals surface area contributed by atoms with Gasteiger partial charge in [-0.2, -0.15) is 0 Å². The molecule has 0 radical (unpaired) electrons. The van der Waals surface area contributed by atoms with Crippen molar-refractivity contribution in [2.75, 3.05) is 18.4 Å². The van der Waals surface area contributed by atoms with Gasteiger partial charge >= 0.3 is 0 Å². The van der Waals surface area contributed by atoms with E-state index in [0.717, 1.165) is 18.7 Å². The summed E-state index contributed by atoms with van der Waals surface area (Å²) >= 11 is 17.5. The number of nitrogens with zero attached hydrogens (tertiary/aromatic N) is 1. The quantitative estimate of drug-likeness (QED) is 0.459. The Bertz CT molecular complexity index is 700. The summed E-state index contributed by atoms with van der Waals surface area (Å²) in [5, 5.41) is 4.84. The average molecular weight is 399 g/mol. The molecule has 0 spiro atoms. The first-order valence-electron chi connectivity index (χ1n) is 8.08. The predicted octanol–water partition coefficient (Wildman–Crippen LogP) is 5.66. The minimum atomic E-state index is 0.00180. The number of Topliss-reactive ketones (excluding diaryl/α,β-unsaturated/α-hetero) is 1. The van der Waals surface area contributed by atoms with Crippen molar-refractivity contribution < 1.29 is 9.21 Å². The third-order valence-corrected chi connectivity index (χ3v) is 4.32. The second-order valence-electron chi connectivity index (χ2n) is 5.58. The maximum Gasteiger partial charge on any atom is 0.198 e. The Kier molecular flexibility index (Phi) is 7.75. The van der Waals surface area contributed by atoms with E-state index in [1.807, 2.05) is 4.90 Å². The number of carbonyl (C=O) groups is 1. The Morgan fingerprint density at radius 3 is 2.56 bits per heavy atom. The summed E-state index contributed by atoms with van der Waals surface area (Å²) in [4.78, 5) is 14.0. The van der Waals surface area contributed by atoms with E-state index in [9.17, 15) is 4.79 Å². The largest absolute Gasteiger partial charge is 0.461 e. The summed E-state index contributed by atoms with van der Waals surface area (Å²) < 4.78 is 5.12. The average Bonchev–Trinajstić information content (AvgIpc) is 3.07. The highest BCUT2D eigenvalue weighted by Crippen LogP contribution is 2.22. The highest BCUT2D eigenvalue weighted by molar-refractivity contribution is 7.80. The van der Waals surface area contributed by atoms with Gasteiger partial charge in [0, 0.05) is 35.2 Å². The van der Waals surface area contributed by atoms with Gasteiger partial charge in [-0.05, 0) is 55.4 Å². The van der Waals surface area contributed by atoms with E-state index in [4.69, 9.17) is 39.8 Å². The van der Waals surface area contributed by atoms with Gasteiger partial charge < -0.3 is 14.6 Å². The molecule has 7 heteroatoms. The molecule has 0 saturated heterocycles. The third-order valence-electron chi connectivity index (χ3n) is 3.52. The first kappa shape index (κ1) is 19.8. The minimum Gasteiger partial charge on any atom is -0.461 e. The number of thiocarbonyl (C=S) groups is 1. The number of carbonyl (C=O) groups excluding carboxylic acids is 1. The molecule has 0 aliphatic rings.